The summed E-state index contributed by atoms with van der Waals surface area (Å²) in [4.78, 5) is 69.6. The topological polar surface area (TPSA) is 210 Å². The minimum atomic E-state index is -1.04. The summed E-state index contributed by atoms with van der Waals surface area (Å²) in [6, 6.07) is 31.7. The van der Waals surface area contributed by atoms with Crippen LogP contribution in [0.1, 0.15) is 81.2 Å². The van der Waals surface area contributed by atoms with E-state index in [0.717, 1.165) is 51.1 Å². The number of nitrogens with zero attached hydrogens (tertiary/aromatic N) is 4. The van der Waals surface area contributed by atoms with Crippen LogP contribution in [0.2, 0.25) is 0 Å². The second kappa shape index (κ2) is 20.1. The number of benzene rings is 4. The highest BCUT2D eigenvalue weighted by Gasteiger charge is 2.45. The Balaban J connectivity index is 0.777. The van der Waals surface area contributed by atoms with Gasteiger partial charge in [0.15, 0.2) is 0 Å². The van der Waals surface area contributed by atoms with Gasteiger partial charge in [-0.25, -0.2) is 4.98 Å². The number of aliphatic hydroxyl groups excluding tert-OH is 1. The van der Waals surface area contributed by atoms with Crippen molar-refractivity contribution in [3.8, 4) is 22.4 Å². The van der Waals surface area contributed by atoms with Crippen LogP contribution in [0.25, 0.3) is 33.4 Å². The number of anilines is 1. The number of imide groups is 2. The monoisotopic (exact) mass is 904 g/mol. The summed E-state index contributed by atoms with van der Waals surface area (Å²) >= 11 is 0. The second-order valence-corrected chi connectivity index (χ2v) is 17.0. The minimum absolute atomic E-state index is 0.0478. The smallest absolute Gasteiger partial charge is 0.264 e. The van der Waals surface area contributed by atoms with Gasteiger partial charge in [-0.3, -0.25) is 39.6 Å². The molecule has 3 aliphatic rings. The van der Waals surface area contributed by atoms with Crippen molar-refractivity contribution in [2.24, 2.45) is 0 Å². The highest BCUT2D eigenvalue weighted by atomic mass is 16.5. The van der Waals surface area contributed by atoms with E-state index in [-0.39, 0.29) is 55.2 Å². The molecule has 1 saturated heterocycles. The highest BCUT2D eigenvalue weighted by Crippen LogP contribution is 2.40. The predicted molar refractivity (Wildman–Crippen MR) is 249 cm³/mol. The van der Waals surface area contributed by atoms with Crippen LogP contribution < -0.4 is 21.4 Å². The zero-order chi connectivity index (χ0) is 46.4. The standard InChI is InChI=1S/C51H52N8O8/c52-46-44-42(33-8-3-1-4-9-33)45(34-10-5-2-6-11-34)57(47(44)55-31-58(46)36-18-20-37(60)21-19-36)30-32-14-16-35(17-15-32)48(62)54-25-27-67-29-28-66-26-24-53-39-13-7-12-38-43(39)51(65)59(50(38)64)40-22-23-41(61)56-49(40)63/h1-17,31,36-37,40,52-53,60H,18-30H2,(H,54,62)(H,56,61,63). The Hall–Kier alpha value is -7.27. The Morgan fingerprint density at radius 1 is 0.761 bits per heavy atom. The first-order valence-electron chi connectivity index (χ1n) is 22.8. The molecule has 2 fully saturated rings. The van der Waals surface area contributed by atoms with Crippen molar-refractivity contribution < 1.29 is 38.6 Å². The summed E-state index contributed by atoms with van der Waals surface area (Å²) in [5.41, 5.74) is 7.29. The largest absolute Gasteiger partial charge is 0.393 e. The number of aromatic nitrogens is 3. The van der Waals surface area contributed by atoms with Crippen molar-refractivity contribution in [2.45, 2.75) is 63.3 Å². The maximum absolute atomic E-state index is 13.3. The van der Waals surface area contributed by atoms with Crippen LogP contribution in [0.5, 0.6) is 0 Å². The lowest BCUT2D eigenvalue weighted by Crippen LogP contribution is -2.54. The van der Waals surface area contributed by atoms with E-state index in [9.17, 15) is 34.5 Å². The molecule has 344 valence electrons. The zero-order valence-electron chi connectivity index (χ0n) is 36.9. The van der Waals surface area contributed by atoms with Crippen LogP contribution in [0.3, 0.4) is 0 Å². The van der Waals surface area contributed by atoms with E-state index in [1.165, 1.54) is 0 Å². The molecule has 0 radical (unpaired) electrons. The molecule has 4 heterocycles. The van der Waals surface area contributed by atoms with Gasteiger partial charge in [-0.2, -0.15) is 0 Å². The molecule has 6 aromatic rings. The molecule has 2 aromatic heterocycles. The first kappa shape index (κ1) is 44.9. The van der Waals surface area contributed by atoms with Crippen molar-refractivity contribution >= 4 is 46.3 Å². The third kappa shape index (κ3) is 9.41. The van der Waals surface area contributed by atoms with Crippen LogP contribution in [-0.4, -0.2) is 105 Å². The number of aliphatic hydroxyl groups is 1. The van der Waals surface area contributed by atoms with Crippen molar-refractivity contribution in [1.29, 1.82) is 5.41 Å². The van der Waals surface area contributed by atoms with E-state index < -0.39 is 29.7 Å². The molecule has 2 aliphatic heterocycles. The van der Waals surface area contributed by atoms with Crippen LogP contribution in [0, 0.1) is 5.41 Å². The van der Waals surface area contributed by atoms with Crippen molar-refractivity contribution in [2.75, 3.05) is 44.8 Å². The molecule has 1 atom stereocenters. The molecule has 5 amide bonds. The molecule has 5 N–H and O–H groups in total. The summed E-state index contributed by atoms with van der Waals surface area (Å²) < 4.78 is 15.5. The number of hydrogen-bond donors (Lipinski definition) is 5. The molecule has 0 spiro atoms. The summed E-state index contributed by atoms with van der Waals surface area (Å²) in [6.45, 7) is 2.25. The number of ether oxygens (including phenoxy) is 2. The summed E-state index contributed by atoms with van der Waals surface area (Å²) in [5, 5.41) is 28.9. The van der Waals surface area contributed by atoms with E-state index in [1.54, 1.807) is 36.7 Å². The first-order valence-corrected chi connectivity index (χ1v) is 22.8. The number of nitrogens with one attached hydrogen (secondary N) is 4. The third-order valence-corrected chi connectivity index (χ3v) is 12.7. The van der Waals surface area contributed by atoms with Gasteiger partial charge in [0.25, 0.3) is 17.7 Å². The van der Waals surface area contributed by atoms with Crippen LogP contribution in [0.15, 0.2) is 109 Å². The van der Waals surface area contributed by atoms with Gasteiger partial charge in [-0.1, -0.05) is 78.9 Å². The molecule has 16 heteroatoms. The van der Waals surface area contributed by atoms with Crippen molar-refractivity contribution in [3.63, 3.8) is 0 Å². The van der Waals surface area contributed by atoms with Gasteiger partial charge in [-0.05, 0) is 73.1 Å². The Morgan fingerprint density at radius 3 is 2.15 bits per heavy atom. The number of fused-ring (bicyclic) bond motifs is 2. The normalized spacial score (nSPS) is 18.3. The Bertz CT molecular complexity index is 2870. The molecule has 67 heavy (non-hydrogen) atoms. The number of carbonyl (C=O) groups excluding carboxylic acids is 5. The lowest BCUT2D eigenvalue weighted by molar-refractivity contribution is -0.136. The number of amides is 5. The molecule has 0 bridgehead atoms. The molecular formula is C51H52N8O8. The number of carbonyl (C=O) groups is 5. The minimum Gasteiger partial charge on any atom is -0.393 e. The summed E-state index contributed by atoms with van der Waals surface area (Å²) in [7, 11) is 0. The maximum atomic E-state index is 13.3. The van der Waals surface area contributed by atoms with E-state index in [2.05, 4.69) is 44.8 Å². The fourth-order valence-corrected chi connectivity index (χ4v) is 9.34. The summed E-state index contributed by atoms with van der Waals surface area (Å²) in [5.74, 6) is -2.46. The maximum Gasteiger partial charge on any atom is 0.264 e. The Kier molecular flexibility index (Phi) is 13.5. The number of hydrogen-bond acceptors (Lipinski definition) is 11. The lowest BCUT2D eigenvalue weighted by Gasteiger charge is -2.27. The van der Waals surface area contributed by atoms with Gasteiger partial charge in [-0.15, -0.1) is 0 Å². The molecule has 1 saturated carbocycles. The van der Waals surface area contributed by atoms with E-state index in [0.29, 0.717) is 68.1 Å². The van der Waals surface area contributed by atoms with Crippen LogP contribution in [0.4, 0.5) is 5.69 Å². The van der Waals surface area contributed by atoms with Gasteiger partial charge in [0.05, 0.1) is 61.1 Å². The predicted octanol–water partition coefficient (Wildman–Crippen LogP) is 5.45. The van der Waals surface area contributed by atoms with Crippen LogP contribution >= 0.6 is 0 Å². The van der Waals surface area contributed by atoms with Gasteiger partial charge in [0.2, 0.25) is 11.8 Å². The number of piperidine rings is 1. The van der Waals surface area contributed by atoms with Crippen molar-refractivity contribution in [3.05, 3.63) is 137 Å². The van der Waals surface area contributed by atoms with Crippen molar-refractivity contribution in [1.82, 2.24) is 29.7 Å². The van der Waals surface area contributed by atoms with Gasteiger partial charge in [0, 0.05) is 48.9 Å². The van der Waals surface area contributed by atoms with Gasteiger partial charge < -0.3 is 34.3 Å². The fourth-order valence-electron chi connectivity index (χ4n) is 9.34. The third-order valence-electron chi connectivity index (χ3n) is 12.7. The SMILES string of the molecule is N=c1c2c(-c3ccccc3)c(-c3ccccc3)n(Cc3ccc(C(=O)NCCOCCOCCNc4cccc5c4C(=O)N(C4CCC(=O)NC4=O)C5=O)cc3)c2ncn1C1CCC(O)CC1. The number of rotatable bonds is 17. The highest BCUT2D eigenvalue weighted by molar-refractivity contribution is 6.25. The molecular weight excluding hydrogens is 853 g/mol. The summed E-state index contributed by atoms with van der Waals surface area (Å²) in [6.07, 6.45) is 4.58. The van der Waals surface area contributed by atoms with E-state index in [1.807, 2.05) is 53.1 Å². The molecule has 16 nitrogen and oxygen atoms in total. The molecule has 1 aliphatic carbocycles. The lowest BCUT2D eigenvalue weighted by atomic mass is 9.93. The van der Waals surface area contributed by atoms with Gasteiger partial charge in [0.1, 0.15) is 17.2 Å². The molecule has 9 rings (SSSR count). The fraction of sp³-hybridized carbons (Fsp3) is 0.314. The Labute approximate surface area is 386 Å². The van der Waals surface area contributed by atoms with Crippen LogP contribution in [-0.2, 0) is 25.6 Å². The van der Waals surface area contributed by atoms with Gasteiger partial charge >= 0.3 is 0 Å². The zero-order valence-corrected chi connectivity index (χ0v) is 36.9. The van der Waals surface area contributed by atoms with E-state index in [4.69, 9.17) is 14.5 Å². The quantitative estimate of drug-likeness (QED) is 0.0577. The van der Waals surface area contributed by atoms with E-state index >= 15 is 0 Å². The molecule has 4 aromatic carbocycles. The first-order chi connectivity index (χ1) is 32.7. The average Bonchev–Trinajstić information content (AvgIpc) is 3.81. The Morgan fingerprint density at radius 2 is 1.45 bits per heavy atom. The average molecular weight is 905 g/mol. The second-order valence-electron chi connectivity index (χ2n) is 17.0. The molecule has 1 unspecified atom stereocenters.